The fraction of sp³-hybridized carbons (Fsp3) is 1.00. The minimum Gasteiger partial charge on any atom is -0.296 e. The van der Waals surface area contributed by atoms with E-state index < -0.39 is 6.04 Å². The van der Waals surface area contributed by atoms with Gasteiger partial charge in [-0.1, -0.05) is 13.8 Å². The lowest BCUT2D eigenvalue weighted by molar-refractivity contribution is -0.518. The lowest BCUT2D eigenvalue weighted by Gasteiger charge is -2.34. The van der Waals surface area contributed by atoms with Crippen molar-refractivity contribution in [3.8, 4) is 0 Å². The van der Waals surface area contributed by atoms with Gasteiger partial charge in [-0.05, 0) is 18.3 Å². The van der Waals surface area contributed by atoms with Gasteiger partial charge in [0.05, 0.1) is 6.54 Å². The van der Waals surface area contributed by atoms with Gasteiger partial charge in [-0.3, -0.25) is 15.0 Å². The van der Waals surface area contributed by atoms with E-state index in [1.807, 2.05) is 0 Å². The first-order valence-electron chi connectivity index (χ1n) is 5.35. The molecule has 4 nitrogen and oxygen atoms in total. The number of piperidine rings is 1. The second kappa shape index (κ2) is 4.73. The summed E-state index contributed by atoms with van der Waals surface area (Å²) in [5.74, 6) is 1.36. The molecule has 4 heteroatoms. The van der Waals surface area contributed by atoms with E-state index in [0.29, 0.717) is 18.4 Å². The Morgan fingerprint density at radius 3 is 2.36 bits per heavy atom. The molecule has 3 atom stereocenters. The van der Waals surface area contributed by atoms with Crippen molar-refractivity contribution >= 4 is 0 Å². The molecule has 0 bridgehead atoms. The zero-order valence-electron chi connectivity index (χ0n) is 9.27. The summed E-state index contributed by atoms with van der Waals surface area (Å²) in [5.41, 5.74) is 0. The standard InChI is InChI=1S/C10H20N2O2/c1-8-4-9(2)6-11(5-8)7-10(3)12(13)14/h8-10H,4-7H2,1-3H3. The van der Waals surface area contributed by atoms with E-state index in [1.54, 1.807) is 6.92 Å². The summed E-state index contributed by atoms with van der Waals surface area (Å²) in [5, 5.41) is 10.5. The van der Waals surface area contributed by atoms with E-state index in [2.05, 4.69) is 18.7 Å². The van der Waals surface area contributed by atoms with Crippen LogP contribution in [0.4, 0.5) is 0 Å². The molecule has 0 saturated carbocycles. The molecule has 0 spiro atoms. The molecule has 0 aromatic heterocycles. The average molecular weight is 200 g/mol. The fourth-order valence-electron chi connectivity index (χ4n) is 2.38. The summed E-state index contributed by atoms with van der Waals surface area (Å²) < 4.78 is 0. The van der Waals surface area contributed by atoms with Crippen LogP contribution < -0.4 is 0 Å². The van der Waals surface area contributed by atoms with Gasteiger partial charge in [-0.2, -0.15) is 0 Å². The highest BCUT2D eigenvalue weighted by molar-refractivity contribution is 4.75. The molecule has 0 amide bonds. The van der Waals surface area contributed by atoms with Crippen LogP contribution in [0, 0.1) is 22.0 Å². The van der Waals surface area contributed by atoms with Crippen LogP contribution in [-0.2, 0) is 0 Å². The molecule has 1 aliphatic rings. The molecule has 0 aliphatic carbocycles. The van der Waals surface area contributed by atoms with E-state index in [-0.39, 0.29) is 4.92 Å². The predicted molar refractivity (Wildman–Crippen MR) is 55.8 cm³/mol. The molecule has 14 heavy (non-hydrogen) atoms. The first-order valence-corrected chi connectivity index (χ1v) is 5.35. The van der Waals surface area contributed by atoms with Crippen molar-refractivity contribution in [2.45, 2.75) is 33.2 Å². The van der Waals surface area contributed by atoms with Crippen molar-refractivity contribution in [1.82, 2.24) is 4.90 Å². The van der Waals surface area contributed by atoms with Gasteiger partial charge in [0.25, 0.3) is 0 Å². The fourth-order valence-corrected chi connectivity index (χ4v) is 2.38. The second-order valence-corrected chi connectivity index (χ2v) is 4.80. The lowest BCUT2D eigenvalue weighted by atomic mass is 9.92. The van der Waals surface area contributed by atoms with Gasteiger partial charge in [-0.25, -0.2) is 0 Å². The first-order chi connectivity index (χ1) is 6.49. The third-order valence-corrected chi connectivity index (χ3v) is 2.83. The van der Waals surface area contributed by atoms with Crippen molar-refractivity contribution in [1.29, 1.82) is 0 Å². The van der Waals surface area contributed by atoms with Gasteiger partial charge in [0.15, 0.2) is 0 Å². The van der Waals surface area contributed by atoms with Crippen LogP contribution in [0.15, 0.2) is 0 Å². The number of hydrogen-bond acceptors (Lipinski definition) is 3. The zero-order valence-corrected chi connectivity index (χ0v) is 9.27. The number of nitrogens with zero attached hydrogens (tertiary/aromatic N) is 2. The Morgan fingerprint density at radius 2 is 1.93 bits per heavy atom. The second-order valence-electron chi connectivity index (χ2n) is 4.80. The van der Waals surface area contributed by atoms with Crippen LogP contribution in [0.25, 0.3) is 0 Å². The number of rotatable bonds is 3. The van der Waals surface area contributed by atoms with E-state index in [4.69, 9.17) is 0 Å². The SMILES string of the molecule is CC1CC(C)CN(CC(C)[N+](=O)[O-])C1. The third-order valence-electron chi connectivity index (χ3n) is 2.83. The van der Waals surface area contributed by atoms with E-state index >= 15 is 0 Å². The van der Waals surface area contributed by atoms with Crippen LogP contribution in [0.2, 0.25) is 0 Å². The number of hydrogen-bond donors (Lipinski definition) is 0. The highest BCUT2D eigenvalue weighted by Crippen LogP contribution is 2.20. The Hall–Kier alpha value is -0.640. The summed E-state index contributed by atoms with van der Waals surface area (Å²) in [7, 11) is 0. The van der Waals surface area contributed by atoms with Crippen molar-refractivity contribution < 1.29 is 4.92 Å². The molecule has 0 radical (unpaired) electrons. The Balaban J connectivity index is 2.40. The number of likely N-dealkylation sites (tertiary alicyclic amines) is 1. The monoisotopic (exact) mass is 200 g/mol. The predicted octanol–water partition coefficient (Wildman–Crippen LogP) is 1.63. The maximum absolute atomic E-state index is 10.5. The summed E-state index contributed by atoms with van der Waals surface area (Å²) in [6, 6.07) is -0.438. The van der Waals surface area contributed by atoms with Gasteiger partial charge in [0, 0.05) is 24.9 Å². The molecule has 0 N–H and O–H groups in total. The molecule has 3 unspecified atom stereocenters. The van der Waals surface area contributed by atoms with E-state index in [1.165, 1.54) is 6.42 Å². The smallest absolute Gasteiger partial charge is 0.222 e. The van der Waals surface area contributed by atoms with Crippen LogP contribution >= 0.6 is 0 Å². The summed E-state index contributed by atoms with van der Waals surface area (Å²) in [6.45, 7) is 8.76. The van der Waals surface area contributed by atoms with Crippen LogP contribution in [0.1, 0.15) is 27.2 Å². The summed E-state index contributed by atoms with van der Waals surface area (Å²) >= 11 is 0. The maximum atomic E-state index is 10.5. The third kappa shape index (κ3) is 3.25. The molecule has 1 aliphatic heterocycles. The van der Waals surface area contributed by atoms with Crippen LogP contribution in [0.5, 0.6) is 0 Å². The molecule has 0 aromatic rings. The van der Waals surface area contributed by atoms with Gasteiger partial charge in [-0.15, -0.1) is 0 Å². The average Bonchev–Trinajstić information content (AvgIpc) is 2.01. The summed E-state index contributed by atoms with van der Waals surface area (Å²) in [4.78, 5) is 12.6. The Labute approximate surface area is 85.4 Å². The van der Waals surface area contributed by atoms with Crippen molar-refractivity contribution in [2.75, 3.05) is 19.6 Å². The molecule has 1 saturated heterocycles. The van der Waals surface area contributed by atoms with Crippen LogP contribution in [-0.4, -0.2) is 35.5 Å². The molecular weight excluding hydrogens is 180 g/mol. The molecule has 1 fully saturated rings. The van der Waals surface area contributed by atoms with Gasteiger partial charge >= 0.3 is 0 Å². The molecule has 1 rings (SSSR count). The van der Waals surface area contributed by atoms with E-state index in [0.717, 1.165) is 13.1 Å². The normalized spacial score (nSPS) is 31.4. The zero-order chi connectivity index (χ0) is 10.7. The highest BCUT2D eigenvalue weighted by Gasteiger charge is 2.25. The lowest BCUT2D eigenvalue weighted by Crippen LogP contribution is -2.43. The minimum atomic E-state index is -0.438. The first kappa shape index (κ1) is 11.4. The Bertz CT molecular complexity index is 198. The molecule has 0 aromatic carbocycles. The quantitative estimate of drug-likeness (QED) is 0.514. The van der Waals surface area contributed by atoms with E-state index in [9.17, 15) is 10.1 Å². The molecular formula is C10H20N2O2. The van der Waals surface area contributed by atoms with Gasteiger partial charge in [0.2, 0.25) is 6.04 Å². The van der Waals surface area contributed by atoms with Crippen molar-refractivity contribution in [2.24, 2.45) is 11.8 Å². The molecule has 82 valence electrons. The Morgan fingerprint density at radius 1 is 1.43 bits per heavy atom. The van der Waals surface area contributed by atoms with Gasteiger partial charge < -0.3 is 0 Å². The van der Waals surface area contributed by atoms with Gasteiger partial charge in [0.1, 0.15) is 0 Å². The largest absolute Gasteiger partial charge is 0.296 e. The minimum absolute atomic E-state index is 0.191. The Kier molecular flexibility index (Phi) is 3.86. The maximum Gasteiger partial charge on any atom is 0.222 e. The highest BCUT2D eigenvalue weighted by atomic mass is 16.6. The van der Waals surface area contributed by atoms with Crippen molar-refractivity contribution in [3.05, 3.63) is 10.1 Å². The van der Waals surface area contributed by atoms with Crippen LogP contribution in [0.3, 0.4) is 0 Å². The number of nitro groups is 1. The summed E-state index contributed by atoms with van der Waals surface area (Å²) in [6.07, 6.45) is 1.25. The molecule has 1 heterocycles. The van der Waals surface area contributed by atoms with Crippen molar-refractivity contribution in [3.63, 3.8) is 0 Å². The topological polar surface area (TPSA) is 46.4 Å².